The third-order valence-electron chi connectivity index (χ3n) is 4.78. The maximum absolute atomic E-state index is 11.3. The molecule has 0 spiro atoms. The van der Waals surface area contributed by atoms with Crippen molar-refractivity contribution >= 4 is 22.9 Å². The molecular weight excluding hydrogens is 336 g/mol. The van der Waals surface area contributed by atoms with Crippen molar-refractivity contribution in [2.75, 3.05) is 7.11 Å². The van der Waals surface area contributed by atoms with E-state index in [2.05, 4.69) is 58.6 Å². The first kappa shape index (κ1) is 18.9. The number of hydroxylamine groups is 1. The Morgan fingerprint density at radius 3 is 2.59 bits per heavy atom. The molecule has 4 heteroatoms. The van der Waals surface area contributed by atoms with Crippen molar-refractivity contribution < 1.29 is 9.63 Å². The van der Waals surface area contributed by atoms with Crippen LogP contribution in [0.15, 0.2) is 54.6 Å². The zero-order valence-corrected chi connectivity index (χ0v) is 15.9. The van der Waals surface area contributed by atoms with Crippen molar-refractivity contribution in [2.45, 2.75) is 32.6 Å². The monoisotopic (exact) mass is 362 g/mol. The lowest BCUT2D eigenvalue weighted by atomic mass is 10.0. The summed E-state index contributed by atoms with van der Waals surface area (Å²) >= 11 is 0. The van der Waals surface area contributed by atoms with E-state index < -0.39 is 0 Å². The van der Waals surface area contributed by atoms with Gasteiger partial charge in [0.15, 0.2) is 0 Å². The molecule has 140 valence electrons. The molecule has 3 aromatic rings. The molecule has 1 aromatic heterocycles. The summed E-state index contributed by atoms with van der Waals surface area (Å²) in [7, 11) is 1.42. The van der Waals surface area contributed by atoms with Crippen LogP contribution in [0, 0.1) is 6.92 Å². The van der Waals surface area contributed by atoms with Crippen LogP contribution < -0.4 is 5.48 Å². The predicted molar refractivity (Wildman–Crippen MR) is 110 cm³/mol. The molecule has 0 radical (unpaired) electrons. The van der Waals surface area contributed by atoms with Gasteiger partial charge in [0.2, 0.25) is 0 Å². The Hall–Kier alpha value is -2.85. The normalized spacial score (nSPS) is 11.3. The zero-order chi connectivity index (χ0) is 19.1. The summed E-state index contributed by atoms with van der Waals surface area (Å²) in [5, 5.41) is 1.35. The molecule has 0 bridgehead atoms. The number of benzene rings is 2. The lowest BCUT2D eigenvalue weighted by Gasteiger charge is -2.04. The Kier molecular flexibility index (Phi) is 6.44. The number of hydrogen-bond donors (Lipinski definition) is 2. The van der Waals surface area contributed by atoms with Crippen LogP contribution in [-0.2, 0) is 22.5 Å². The maximum Gasteiger partial charge on any atom is 0.267 e. The molecule has 0 atom stereocenters. The number of aromatic amines is 1. The van der Waals surface area contributed by atoms with Gasteiger partial charge in [0, 0.05) is 22.7 Å². The summed E-state index contributed by atoms with van der Waals surface area (Å²) in [5.41, 5.74) is 8.54. The van der Waals surface area contributed by atoms with Crippen LogP contribution in [0.1, 0.15) is 35.2 Å². The van der Waals surface area contributed by atoms with Crippen LogP contribution in [0.25, 0.3) is 17.0 Å². The van der Waals surface area contributed by atoms with Crippen molar-refractivity contribution in [1.29, 1.82) is 0 Å². The van der Waals surface area contributed by atoms with E-state index in [9.17, 15) is 4.79 Å². The van der Waals surface area contributed by atoms with Crippen LogP contribution in [0.2, 0.25) is 0 Å². The zero-order valence-electron chi connectivity index (χ0n) is 15.9. The topological polar surface area (TPSA) is 54.1 Å². The molecule has 1 amide bonds. The van der Waals surface area contributed by atoms with E-state index in [0.717, 1.165) is 24.8 Å². The second-order valence-electron chi connectivity index (χ2n) is 6.73. The first-order valence-corrected chi connectivity index (χ1v) is 9.33. The van der Waals surface area contributed by atoms with Gasteiger partial charge in [-0.05, 0) is 61.4 Å². The second-order valence-corrected chi connectivity index (χ2v) is 6.73. The van der Waals surface area contributed by atoms with Crippen LogP contribution in [-0.4, -0.2) is 18.0 Å². The summed E-state index contributed by atoms with van der Waals surface area (Å²) in [6.45, 7) is 2.16. The number of nitrogens with one attached hydrogen (secondary N) is 2. The molecule has 0 unspecified atom stereocenters. The van der Waals surface area contributed by atoms with Gasteiger partial charge in [-0.2, -0.15) is 0 Å². The number of aromatic nitrogens is 1. The highest BCUT2D eigenvalue weighted by Crippen LogP contribution is 2.23. The van der Waals surface area contributed by atoms with Gasteiger partial charge in [-0.1, -0.05) is 42.5 Å². The SMILES string of the molecule is CONC(=O)/C=C/c1ccc(CCCCc2c(C)[nH]c3ccccc23)cc1. The van der Waals surface area contributed by atoms with Crippen LogP contribution in [0.3, 0.4) is 0 Å². The van der Waals surface area contributed by atoms with Crippen molar-refractivity contribution in [3.05, 3.63) is 77.0 Å². The number of hydrogen-bond acceptors (Lipinski definition) is 2. The van der Waals surface area contributed by atoms with Crippen LogP contribution >= 0.6 is 0 Å². The minimum atomic E-state index is -0.269. The smallest absolute Gasteiger partial charge is 0.267 e. The summed E-state index contributed by atoms with van der Waals surface area (Å²) in [6, 6.07) is 16.9. The van der Waals surface area contributed by atoms with Gasteiger partial charge < -0.3 is 4.98 Å². The van der Waals surface area contributed by atoms with Gasteiger partial charge in [0.25, 0.3) is 5.91 Å². The fourth-order valence-electron chi connectivity index (χ4n) is 3.39. The van der Waals surface area contributed by atoms with Crippen LogP contribution in [0.4, 0.5) is 0 Å². The quantitative estimate of drug-likeness (QED) is 0.346. The van der Waals surface area contributed by atoms with E-state index in [4.69, 9.17) is 0 Å². The number of para-hydroxylation sites is 1. The molecule has 27 heavy (non-hydrogen) atoms. The Morgan fingerprint density at radius 2 is 1.81 bits per heavy atom. The molecule has 0 aliphatic heterocycles. The Bertz CT molecular complexity index is 923. The molecule has 2 N–H and O–H groups in total. The number of carbonyl (C=O) groups is 1. The average Bonchev–Trinajstić information content (AvgIpc) is 3.00. The van der Waals surface area contributed by atoms with Gasteiger partial charge in [-0.3, -0.25) is 9.63 Å². The lowest BCUT2D eigenvalue weighted by molar-refractivity contribution is -0.126. The lowest BCUT2D eigenvalue weighted by Crippen LogP contribution is -2.18. The van der Waals surface area contributed by atoms with Crippen LogP contribution in [0.5, 0.6) is 0 Å². The first-order valence-electron chi connectivity index (χ1n) is 9.33. The number of rotatable bonds is 8. The number of fused-ring (bicyclic) bond motifs is 1. The first-order chi connectivity index (χ1) is 13.2. The molecule has 0 aliphatic carbocycles. The number of amides is 1. The van der Waals surface area contributed by atoms with E-state index >= 15 is 0 Å². The van der Waals surface area contributed by atoms with Gasteiger partial charge >= 0.3 is 0 Å². The molecule has 1 heterocycles. The minimum Gasteiger partial charge on any atom is -0.358 e. The van der Waals surface area contributed by atoms with Crippen molar-refractivity contribution in [1.82, 2.24) is 10.5 Å². The second kappa shape index (κ2) is 9.19. The fourth-order valence-corrected chi connectivity index (χ4v) is 3.39. The van der Waals surface area contributed by atoms with Gasteiger partial charge in [0.1, 0.15) is 0 Å². The summed E-state index contributed by atoms with van der Waals surface area (Å²) in [4.78, 5) is 19.4. The average molecular weight is 362 g/mol. The molecule has 2 aromatic carbocycles. The molecule has 0 saturated heterocycles. The van der Waals surface area contributed by atoms with Crippen molar-refractivity contribution in [2.24, 2.45) is 0 Å². The number of unbranched alkanes of at least 4 members (excludes halogenated alkanes) is 1. The van der Waals surface area contributed by atoms with Crippen molar-refractivity contribution in [3.8, 4) is 0 Å². The van der Waals surface area contributed by atoms with E-state index in [-0.39, 0.29) is 5.91 Å². The maximum atomic E-state index is 11.3. The number of carbonyl (C=O) groups excluding carboxylic acids is 1. The van der Waals surface area contributed by atoms with Crippen molar-refractivity contribution in [3.63, 3.8) is 0 Å². The third-order valence-corrected chi connectivity index (χ3v) is 4.78. The Balaban J connectivity index is 1.49. The molecular formula is C23H26N2O2. The summed E-state index contributed by atoms with van der Waals surface area (Å²) < 4.78 is 0. The van der Waals surface area contributed by atoms with E-state index in [1.165, 1.54) is 47.3 Å². The predicted octanol–water partition coefficient (Wildman–Crippen LogP) is 4.73. The summed E-state index contributed by atoms with van der Waals surface area (Å²) in [6.07, 6.45) is 7.73. The fraction of sp³-hybridized carbons (Fsp3) is 0.261. The van der Waals surface area contributed by atoms with Gasteiger partial charge in [-0.15, -0.1) is 0 Å². The molecule has 0 saturated carbocycles. The minimum absolute atomic E-state index is 0.269. The highest BCUT2D eigenvalue weighted by atomic mass is 16.6. The summed E-state index contributed by atoms with van der Waals surface area (Å²) in [5.74, 6) is -0.269. The third kappa shape index (κ3) is 5.08. The standard InChI is InChI=1S/C23H26N2O2/c1-17-20(21-9-5-6-10-22(21)24-17)8-4-3-7-18-11-13-19(14-12-18)15-16-23(26)25-27-2/h5-6,9-16,24H,3-4,7-8H2,1-2H3,(H,25,26)/b16-15+. The largest absolute Gasteiger partial charge is 0.358 e. The molecule has 0 fully saturated rings. The highest BCUT2D eigenvalue weighted by Gasteiger charge is 2.07. The Labute approximate surface area is 160 Å². The van der Waals surface area contributed by atoms with Gasteiger partial charge in [0.05, 0.1) is 7.11 Å². The molecule has 4 nitrogen and oxygen atoms in total. The van der Waals surface area contributed by atoms with Gasteiger partial charge in [-0.25, -0.2) is 5.48 Å². The van der Waals surface area contributed by atoms with E-state index in [0.29, 0.717) is 0 Å². The highest BCUT2D eigenvalue weighted by molar-refractivity contribution is 5.90. The number of aryl methyl sites for hydroxylation is 3. The van der Waals surface area contributed by atoms with E-state index in [1.807, 2.05) is 12.1 Å². The molecule has 0 aliphatic rings. The Morgan fingerprint density at radius 1 is 1.07 bits per heavy atom. The molecule has 3 rings (SSSR count). The van der Waals surface area contributed by atoms with E-state index in [1.54, 1.807) is 6.08 Å². The number of H-pyrrole nitrogens is 1.